The Hall–Kier alpha value is -3.61. The molecule has 0 spiro atoms. The SMILES string of the molecule is NS(=O)(=O)c1ccccc1F.NS(=O)(=O)c1ccccc1OCc1ccccc1.OCc1ccccc1. The number of primary sulfonamides is 2. The number of aliphatic hydroxyl groups is 1. The molecule has 4 aromatic carbocycles. The Morgan fingerprint density at radius 3 is 1.49 bits per heavy atom. The molecule has 0 aromatic heterocycles. The number of aliphatic hydroxyl groups excluding tert-OH is 1. The van der Waals surface area contributed by atoms with Crippen molar-refractivity contribution in [3.63, 3.8) is 0 Å². The molecule has 0 aliphatic heterocycles. The van der Waals surface area contributed by atoms with Crippen molar-refractivity contribution in [3.8, 4) is 5.75 Å². The van der Waals surface area contributed by atoms with Crippen LogP contribution in [0.3, 0.4) is 0 Å². The topological polar surface area (TPSA) is 150 Å². The van der Waals surface area contributed by atoms with Crippen LogP contribution in [0.5, 0.6) is 5.75 Å². The predicted octanol–water partition coefficient (Wildman–Crippen LogP) is 3.57. The van der Waals surface area contributed by atoms with Gasteiger partial charge in [-0.15, -0.1) is 0 Å². The van der Waals surface area contributed by atoms with Crippen molar-refractivity contribution in [2.45, 2.75) is 23.0 Å². The van der Waals surface area contributed by atoms with E-state index in [1.54, 1.807) is 18.2 Å². The number of para-hydroxylation sites is 1. The molecule has 196 valence electrons. The molecule has 0 aliphatic carbocycles. The van der Waals surface area contributed by atoms with Crippen molar-refractivity contribution in [2.24, 2.45) is 10.3 Å². The van der Waals surface area contributed by atoms with Crippen LogP contribution >= 0.6 is 0 Å². The van der Waals surface area contributed by atoms with E-state index in [2.05, 4.69) is 5.14 Å². The molecular weight excluding hydrogens is 519 g/mol. The van der Waals surface area contributed by atoms with Gasteiger partial charge >= 0.3 is 0 Å². The maximum absolute atomic E-state index is 12.6. The minimum absolute atomic E-state index is 0.000862. The van der Waals surface area contributed by atoms with Crippen molar-refractivity contribution in [2.75, 3.05) is 0 Å². The molecule has 11 heteroatoms. The van der Waals surface area contributed by atoms with Gasteiger partial charge in [-0.25, -0.2) is 31.5 Å². The maximum Gasteiger partial charge on any atom is 0.241 e. The number of hydrogen-bond acceptors (Lipinski definition) is 6. The smallest absolute Gasteiger partial charge is 0.241 e. The van der Waals surface area contributed by atoms with Crippen LogP contribution in [0.2, 0.25) is 0 Å². The van der Waals surface area contributed by atoms with E-state index in [-0.39, 0.29) is 17.3 Å². The summed E-state index contributed by atoms with van der Waals surface area (Å²) in [5.74, 6) is -0.557. The zero-order chi connectivity index (χ0) is 27.3. The quantitative estimate of drug-likeness (QED) is 0.337. The first-order valence-corrected chi connectivity index (χ1v) is 13.8. The van der Waals surface area contributed by atoms with Crippen molar-refractivity contribution in [1.82, 2.24) is 0 Å². The third kappa shape index (κ3) is 10.5. The highest BCUT2D eigenvalue weighted by Crippen LogP contribution is 2.22. The molecule has 0 saturated heterocycles. The van der Waals surface area contributed by atoms with Gasteiger partial charge in [-0.05, 0) is 35.4 Å². The lowest BCUT2D eigenvalue weighted by atomic mass is 10.2. The average Bonchev–Trinajstić information content (AvgIpc) is 2.88. The fourth-order valence-corrected chi connectivity index (χ4v) is 4.08. The molecule has 0 fully saturated rings. The van der Waals surface area contributed by atoms with Gasteiger partial charge in [0.2, 0.25) is 20.0 Å². The van der Waals surface area contributed by atoms with Crippen LogP contribution in [0.4, 0.5) is 4.39 Å². The van der Waals surface area contributed by atoms with Crippen molar-refractivity contribution < 1.29 is 31.1 Å². The summed E-state index contributed by atoms with van der Waals surface area (Å²) in [6, 6.07) is 30.3. The lowest BCUT2D eigenvalue weighted by molar-refractivity contribution is 0.282. The van der Waals surface area contributed by atoms with E-state index in [0.29, 0.717) is 6.61 Å². The fourth-order valence-electron chi connectivity index (χ4n) is 2.80. The number of hydrogen-bond donors (Lipinski definition) is 3. The minimum atomic E-state index is -3.91. The molecule has 8 nitrogen and oxygen atoms in total. The molecule has 0 radical (unpaired) electrons. The first-order chi connectivity index (χ1) is 17.5. The zero-order valence-electron chi connectivity index (χ0n) is 19.6. The molecule has 4 aromatic rings. The van der Waals surface area contributed by atoms with Crippen LogP contribution in [0.25, 0.3) is 0 Å². The van der Waals surface area contributed by atoms with Crippen LogP contribution < -0.4 is 15.0 Å². The molecule has 0 aliphatic rings. The summed E-state index contributed by atoms with van der Waals surface area (Å²) in [6.07, 6.45) is 0. The number of ether oxygens (including phenoxy) is 1. The minimum Gasteiger partial charge on any atom is -0.487 e. The van der Waals surface area contributed by atoms with E-state index < -0.39 is 30.8 Å². The Morgan fingerprint density at radius 1 is 0.622 bits per heavy atom. The van der Waals surface area contributed by atoms with Crippen molar-refractivity contribution in [3.05, 3.63) is 126 Å². The number of benzene rings is 4. The van der Waals surface area contributed by atoms with E-state index in [1.807, 2.05) is 60.7 Å². The van der Waals surface area contributed by atoms with E-state index in [0.717, 1.165) is 23.3 Å². The standard InChI is InChI=1S/C13H13NO3S.C7H8O.C6H6FNO2S/c14-18(15,16)13-9-5-4-8-12(13)17-10-11-6-2-1-3-7-11;8-6-7-4-2-1-3-5-7;7-5-3-1-2-4-6(5)11(8,9)10/h1-9H,10H2,(H2,14,15,16);1-5,8H,6H2;1-4H,(H2,8,9,10). The molecule has 0 amide bonds. The van der Waals surface area contributed by atoms with E-state index >= 15 is 0 Å². The Balaban J connectivity index is 0.000000215. The van der Waals surface area contributed by atoms with Crippen LogP contribution in [0.15, 0.2) is 119 Å². The van der Waals surface area contributed by atoms with Gasteiger partial charge in [-0.3, -0.25) is 0 Å². The largest absolute Gasteiger partial charge is 0.487 e. The summed E-state index contributed by atoms with van der Waals surface area (Å²) >= 11 is 0. The second-order valence-corrected chi connectivity index (χ2v) is 10.4. The molecule has 37 heavy (non-hydrogen) atoms. The Bertz CT molecular complexity index is 1470. The van der Waals surface area contributed by atoms with Gasteiger partial charge in [0.1, 0.15) is 28.0 Å². The second kappa shape index (κ2) is 14.2. The highest BCUT2D eigenvalue weighted by Gasteiger charge is 2.14. The fraction of sp³-hybridized carbons (Fsp3) is 0.0769. The zero-order valence-corrected chi connectivity index (χ0v) is 21.3. The van der Waals surface area contributed by atoms with Crippen LogP contribution in [0.1, 0.15) is 11.1 Å². The molecule has 5 N–H and O–H groups in total. The molecular formula is C26H27FN2O6S2. The number of halogens is 1. The lowest BCUT2D eigenvalue weighted by Crippen LogP contribution is -2.13. The number of rotatable bonds is 6. The first-order valence-electron chi connectivity index (χ1n) is 10.7. The lowest BCUT2D eigenvalue weighted by Gasteiger charge is -2.09. The van der Waals surface area contributed by atoms with Crippen LogP contribution in [-0.2, 0) is 33.3 Å². The third-order valence-electron chi connectivity index (χ3n) is 4.56. The molecule has 4 rings (SSSR count). The van der Waals surface area contributed by atoms with Gasteiger partial charge in [0, 0.05) is 0 Å². The van der Waals surface area contributed by atoms with Crippen molar-refractivity contribution >= 4 is 20.0 Å². The van der Waals surface area contributed by atoms with E-state index in [4.69, 9.17) is 15.0 Å². The van der Waals surface area contributed by atoms with Gasteiger partial charge in [0.05, 0.1) is 6.61 Å². The van der Waals surface area contributed by atoms with Gasteiger partial charge in [0.15, 0.2) is 0 Å². The highest BCUT2D eigenvalue weighted by atomic mass is 32.2. The summed E-state index contributed by atoms with van der Waals surface area (Å²) in [7, 11) is -7.67. The normalized spacial score (nSPS) is 10.8. The molecule has 0 bridgehead atoms. The Kier molecular flexibility index (Phi) is 11.4. The number of sulfonamides is 2. The molecule has 0 unspecified atom stereocenters. The molecule has 0 heterocycles. The highest BCUT2D eigenvalue weighted by molar-refractivity contribution is 7.89. The molecule has 0 atom stereocenters. The monoisotopic (exact) mass is 546 g/mol. The molecule has 0 saturated carbocycles. The van der Waals surface area contributed by atoms with Gasteiger partial charge in [-0.1, -0.05) is 84.9 Å². The van der Waals surface area contributed by atoms with E-state index in [1.165, 1.54) is 18.2 Å². The van der Waals surface area contributed by atoms with Gasteiger partial charge in [0.25, 0.3) is 0 Å². The first kappa shape index (κ1) is 29.6. The summed E-state index contributed by atoms with van der Waals surface area (Å²) in [5, 5.41) is 18.3. The van der Waals surface area contributed by atoms with Crippen molar-refractivity contribution in [1.29, 1.82) is 0 Å². The third-order valence-corrected chi connectivity index (χ3v) is 6.46. The Morgan fingerprint density at radius 2 is 1.05 bits per heavy atom. The average molecular weight is 547 g/mol. The number of nitrogens with two attached hydrogens (primary N) is 2. The van der Waals surface area contributed by atoms with E-state index in [9.17, 15) is 21.2 Å². The Labute approximate surface area is 216 Å². The summed E-state index contributed by atoms with van der Waals surface area (Å²) in [5.41, 5.74) is 1.93. The summed E-state index contributed by atoms with van der Waals surface area (Å²) in [4.78, 5) is -0.471. The van der Waals surface area contributed by atoms with Crippen LogP contribution in [-0.4, -0.2) is 21.9 Å². The van der Waals surface area contributed by atoms with Gasteiger partial charge < -0.3 is 9.84 Å². The predicted molar refractivity (Wildman–Crippen MR) is 139 cm³/mol. The summed E-state index contributed by atoms with van der Waals surface area (Å²) in [6.45, 7) is 0.439. The second-order valence-electron chi connectivity index (χ2n) is 7.39. The van der Waals surface area contributed by atoms with Crippen LogP contribution in [0, 0.1) is 5.82 Å². The van der Waals surface area contributed by atoms with Gasteiger partial charge in [-0.2, -0.15) is 0 Å². The maximum atomic E-state index is 12.6. The summed E-state index contributed by atoms with van der Waals surface area (Å²) < 4.78 is 62.0.